The number of hydrogen-bond acceptors (Lipinski definition) is 2. The minimum absolute atomic E-state index is 0.00841. The van der Waals surface area contributed by atoms with Gasteiger partial charge in [-0.05, 0) is 31.6 Å². The lowest BCUT2D eigenvalue weighted by atomic mass is 9.80. The van der Waals surface area contributed by atoms with Gasteiger partial charge < -0.3 is 10.0 Å². The number of nitrogens with zero attached hydrogens (tertiary/aromatic N) is 2. The quantitative estimate of drug-likeness (QED) is 0.580. The van der Waals surface area contributed by atoms with E-state index in [1.165, 1.54) is 19.3 Å². The minimum Gasteiger partial charge on any atom is -0.435 e. The van der Waals surface area contributed by atoms with E-state index in [1.807, 2.05) is 12.4 Å². The summed E-state index contributed by atoms with van der Waals surface area (Å²) in [7, 11) is 0. The van der Waals surface area contributed by atoms with Gasteiger partial charge in [-0.2, -0.15) is 9.28 Å². The summed E-state index contributed by atoms with van der Waals surface area (Å²) in [5, 5.41) is 10.0. The van der Waals surface area contributed by atoms with Crippen LogP contribution >= 0.6 is 0 Å². The Hall–Kier alpha value is -1.03. The van der Waals surface area contributed by atoms with Crippen LogP contribution in [0.1, 0.15) is 80.6 Å². The standard InChI is InChI=1S/C20H38N2O2/c1-8-10-11-17(9-2)14-21-12-13-22(16-21,18(23)24)20(6,7)15-19(3,4)5/h12-13,17H,8-11,14-16H2,1-7H3/p+1. The normalized spacial score (nSPS) is 22.9. The highest BCUT2D eigenvalue weighted by atomic mass is 16.4. The predicted molar refractivity (Wildman–Crippen MR) is 100 cm³/mol. The number of unbranched alkanes of at least 4 members (excludes halogenated alkanes) is 1. The van der Waals surface area contributed by atoms with Crippen LogP contribution in [0, 0.1) is 11.3 Å². The van der Waals surface area contributed by atoms with Gasteiger partial charge in [-0.15, -0.1) is 0 Å². The van der Waals surface area contributed by atoms with E-state index in [0.717, 1.165) is 19.4 Å². The summed E-state index contributed by atoms with van der Waals surface area (Å²) in [6.07, 6.45) is 8.90. The first-order chi connectivity index (χ1) is 11.0. The summed E-state index contributed by atoms with van der Waals surface area (Å²) in [5.74, 6) is 0.647. The summed E-state index contributed by atoms with van der Waals surface area (Å²) in [6.45, 7) is 16.7. The molecule has 1 amide bonds. The summed E-state index contributed by atoms with van der Waals surface area (Å²) < 4.78 is 0.00841. The fraction of sp³-hybridized carbons (Fsp3) is 0.850. The number of carboxylic acid groups (broad SMARTS) is 1. The van der Waals surface area contributed by atoms with Gasteiger partial charge in [0, 0.05) is 13.0 Å². The van der Waals surface area contributed by atoms with Crippen LogP contribution in [0.4, 0.5) is 4.79 Å². The smallest absolute Gasteiger partial charge is 0.435 e. The molecule has 4 nitrogen and oxygen atoms in total. The SMILES string of the molecule is CCCCC(CC)CN1C=C[N+](C(=O)O)(C(C)(C)CC(C)(C)C)C1. The summed E-state index contributed by atoms with van der Waals surface area (Å²) in [6, 6.07) is 0. The molecule has 0 bridgehead atoms. The molecule has 24 heavy (non-hydrogen) atoms. The van der Waals surface area contributed by atoms with Crippen molar-refractivity contribution < 1.29 is 14.4 Å². The highest BCUT2D eigenvalue weighted by Gasteiger charge is 2.54. The molecule has 0 spiro atoms. The third-order valence-electron chi connectivity index (χ3n) is 5.36. The molecule has 0 fully saturated rings. The van der Waals surface area contributed by atoms with E-state index in [1.54, 1.807) is 0 Å². The van der Waals surface area contributed by atoms with Gasteiger partial charge in [0.25, 0.3) is 0 Å². The van der Waals surface area contributed by atoms with Gasteiger partial charge in [0.15, 0.2) is 6.67 Å². The Kier molecular flexibility index (Phi) is 6.92. The summed E-state index contributed by atoms with van der Waals surface area (Å²) in [4.78, 5) is 14.4. The highest BCUT2D eigenvalue weighted by molar-refractivity contribution is 5.58. The van der Waals surface area contributed by atoms with Crippen molar-refractivity contribution in [3.05, 3.63) is 12.4 Å². The number of carbonyl (C=O) groups is 1. The highest BCUT2D eigenvalue weighted by Crippen LogP contribution is 2.39. The van der Waals surface area contributed by atoms with E-state index in [4.69, 9.17) is 0 Å². The molecule has 1 heterocycles. The molecule has 1 aliphatic rings. The van der Waals surface area contributed by atoms with Crippen LogP contribution in [0.2, 0.25) is 0 Å². The van der Waals surface area contributed by atoms with E-state index in [-0.39, 0.29) is 15.4 Å². The molecule has 0 aromatic heterocycles. The first kappa shape index (κ1) is 21.0. The van der Waals surface area contributed by atoms with Crippen molar-refractivity contribution in [3.8, 4) is 0 Å². The first-order valence-corrected chi connectivity index (χ1v) is 9.52. The van der Waals surface area contributed by atoms with Crippen LogP contribution in [-0.4, -0.2) is 39.3 Å². The summed E-state index contributed by atoms with van der Waals surface area (Å²) >= 11 is 0. The van der Waals surface area contributed by atoms with Crippen LogP contribution in [0.15, 0.2) is 12.4 Å². The molecule has 0 aromatic rings. The average Bonchev–Trinajstić information content (AvgIpc) is 2.86. The second-order valence-electron chi connectivity index (χ2n) is 9.33. The molecule has 0 radical (unpaired) electrons. The zero-order chi connectivity index (χ0) is 18.6. The van der Waals surface area contributed by atoms with Crippen molar-refractivity contribution in [1.29, 1.82) is 0 Å². The molecule has 0 aliphatic carbocycles. The maximum atomic E-state index is 12.2. The van der Waals surface area contributed by atoms with Crippen molar-refractivity contribution in [2.24, 2.45) is 11.3 Å². The monoisotopic (exact) mass is 339 g/mol. The van der Waals surface area contributed by atoms with E-state index in [0.29, 0.717) is 12.6 Å². The molecule has 4 heteroatoms. The van der Waals surface area contributed by atoms with Gasteiger partial charge in [-0.25, -0.2) is 0 Å². The molecule has 2 atom stereocenters. The van der Waals surface area contributed by atoms with Gasteiger partial charge in [-0.3, -0.25) is 0 Å². The molecular formula is C20H39N2O2+. The zero-order valence-electron chi connectivity index (χ0n) is 16.9. The lowest BCUT2D eigenvalue weighted by Gasteiger charge is -2.44. The molecule has 1 N–H and O–H groups in total. The molecule has 140 valence electrons. The largest absolute Gasteiger partial charge is 0.520 e. The molecule has 0 aromatic carbocycles. The van der Waals surface area contributed by atoms with Crippen molar-refractivity contribution in [2.75, 3.05) is 13.2 Å². The van der Waals surface area contributed by atoms with E-state index in [2.05, 4.69) is 53.4 Å². The molecule has 0 saturated heterocycles. The lowest BCUT2D eigenvalue weighted by molar-refractivity contribution is -0.861. The van der Waals surface area contributed by atoms with Gasteiger partial charge in [-0.1, -0.05) is 53.9 Å². The molecular weight excluding hydrogens is 300 g/mol. The summed E-state index contributed by atoms with van der Waals surface area (Å²) in [5.41, 5.74) is -0.251. The Morgan fingerprint density at radius 2 is 1.88 bits per heavy atom. The Bertz CT molecular complexity index is 451. The maximum absolute atomic E-state index is 12.2. The average molecular weight is 340 g/mol. The molecule has 0 saturated carbocycles. The van der Waals surface area contributed by atoms with Crippen LogP contribution in [-0.2, 0) is 0 Å². The molecule has 1 rings (SSSR count). The van der Waals surface area contributed by atoms with Gasteiger partial charge in [0.1, 0.15) is 11.7 Å². The van der Waals surface area contributed by atoms with E-state index >= 15 is 0 Å². The Morgan fingerprint density at radius 3 is 2.33 bits per heavy atom. The van der Waals surface area contributed by atoms with Crippen molar-refractivity contribution in [3.63, 3.8) is 0 Å². The van der Waals surface area contributed by atoms with Crippen molar-refractivity contribution in [2.45, 2.75) is 86.1 Å². The van der Waals surface area contributed by atoms with Crippen molar-refractivity contribution in [1.82, 2.24) is 4.90 Å². The van der Waals surface area contributed by atoms with Gasteiger partial charge in [0.2, 0.25) is 0 Å². The first-order valence-electron chi connectivity index (χ1n) is 9.52. The second-order valence-corrected chi connectivity index (χ2v) is 9.33. The minimum atomic E-state index is -0.746. The fourth-order valence-corrected chi connectivity index (χ4v) is 4.17. The van der Waals surface area contributed by atoms with Crippen LogP contribution in [0.3, 0.4) is 0 Å². The van der Waals surface area contributed by atoms with Crippen LogP contribution in [0.25, 0.3) is 0 Å². The fourth-order valence-electron chi connectivity index (χ4n) is 4.17. The third kappa shape index (κ3) is 4.98. The number of quaternary nitrogens is 1. The Labute approximate surface area is 149 Å². The van der Waals surface area contributed by atoms with Crippen LogP contribution < -0.4 is 0 Å². The number of amides is 1. The predicted octanol–water partition coefficient (Wildman–Crippen LogP) is 5.66. The van der Waals surface area contributed by atoms with E-state index in [9.17, 15) is 9.90 Å². The second kappa shape index (κ2) is 7.90. The number of rotatable bonds is 8. The topological polar surface area (TPSA) is 40.5 Å². The molecule has 2 unspecified atom stereocenters. The number of hydrogen-bond donors (Lipinski definition) is 1. The zero-order valence-corrected chi connectivity index (χ0v) is 16.9. The van der Waals surface area contributed by atoms with Crippen molar-refractivity contribution >= 4 is 6.09 Å². The Balaban J connectivity index is 2.89. The Morgan fingerprint density at radius 1 is 1.25 bits per heavy atom. The van der Waals surface area contributed by atoms with Crippen LogP contribution in [0.5, 0.6) is 0 Å². The lowest BCUT2D eigenvalue weighted by Crippen LogP contribution is -2.62. The maximum Gasteiger partial charge on any atom is 0.520 e. The van der Waals surface area contributed by atoms with E-state index < -0.39 is 6.09 Å². The third-order valence-corrected chi connectivity index (χ3v) is 5.36. The van der Waals surface area contributed by atoms with Gasteiger partial charge >= 0.3 is 6.09 Å². The molecule has 1 aliphatic heterocycles. The van der Waals surface area contributed by atoms with Gasteiger partial charge in [0.05, 0.1) is 6.20 Å².